The van der Waals surface area contributed by atoms with E-state index in [0.717, 1.165) is 49.0 Å². The van der Waals surface area contributed by atoms with Gasteiger partial charge in [0.2, 0.25) is 10.0 Å². The number of nitrogens with one attached hydrogen (secondary N) is 1. The summed E-state index contributed by atoms with van der Waals surface area (Å²) in [5.41, 5.74) is 0. The smallest absolute Gasteiger partial charge is 0.250 e. The molecule has 1 atom stereocenters. The first kappa shape index (κ1) is 17.8. The summed E-state index contributed by atoms with van der Waals surface area (Å²) in [6.07, 6.45) is 2.98. The molecule has 2 heterocycles. The lowest BCUT2D eigenvalue weighted by Gasteiger charge is -2.31. The topological polar surface area (TPSA) is 69.6 Å². The van der Waals surface area contributed by atoms with Crippen molar-refractivity contribution in [3.05, 3.63) is 30.3 Å². The fourth-order valence-corrected chi connectivity index (χ4v) is 5.69. The Labute approximate surface area is 147 Å². The van der Waals surface area contributed by atoms with E-state index >= 15 is 0 Å². The second-order valence-electron chi connectivity index (χ2n) is 6.35. The summed E-state index contributed by atoms with van der Waals surface area (Å²) in [6, 6.07) is 9.43. The second-order valence-corrected chi connectivity index (χ2v) is 9.42. The third-order valence-electron chi connectivity index (χ3n) is 4.47. The van der Waals surface area contributed by atoms with Gasteiger partial charge in [0.25, 0.3) is 0 Å². The highest BCUT2D eigenvalue weighted by molar-refractivity contribution is 7.91. The van der Waals surface area contributed by atoms with Crippen LogP contribution in [0.25, 0.3) is 10.1 Å². The van der Waals surface area contributed by atoms with Crippen molar-refractivity contribution in [1.29, 1.82) is 0 Å². The van der Waals surface area contributed by atoms with E-state index < -0.39 is 10.0 Å². The number of hydrogen-bond donors (Lipinski definition) is 2. The van der Waals surface area contributed by atoms with E-state index in [0.29, 0.717) is 16.7 Å². The van der Waals surface area contributed by atoms with Gasteiger partial charge in [-0.05, 0) is 55.8 Å². The monoisotopic (exact) mass is 368 g/mol. The molecule has 7 heteroatoms. The van der Waals surface area contributed by atoms with Crippen LogP contribution in [0.15, 0.2) is 34.5 Å². The molecule has 2 aromatic rings. The summed E-state index contributed by atoms with van der Waals surface area (Å²) >= 11 is 1.30. The van der Waals surface area contributed by atoms with E-state index in [2.05, 4.69) is 9.62 Å². The summed E-state index contributed by atoms with van der Waals surface area (Å²) in [4.78, 5) is 2.32. The molecule has 0 amide bonds. The van der Waals surface area contributed by atoms with Gasteiger partial charge in [-0.25, -0.2) is 13.1 Å². The lowest BCUT2D eigenvalue weighted by atomic mass is 9.99. The van der Waals surface area contributed by atoms with Crippen molar-refractivity contribution in [2.24, 2.45) is 5.92 Å². The molecule has 1 aromatic heterocycles. The quantitative estimate of drug-likeness (QED) is 0.736. The maximum atomic E-state index is 12.4. The number of aliphatic hydroxyl groups excluding tert-OH is 1. The largest absolute Gasteiger partial charge is 0.396 e. The highest BCUT2D eigenvalue weighted by atomic mass is 32.2. The van der Waals surface area contributed by atoms with Gasteiger partial charge in [-0.3, -0.25) is 0 Å². The second kappa shape index (κ2) is 7.93. The van der Waals surface area contributed by atoms with Crippen LogP contribution in [0.2, 0.25) is 0 Å². The van der Waals surface area contributed by atoms with Crippen LogP contribution in [-0.2, 0) is 10.0 Å². The van der Waals surface area contributed by atoms with E-state index in [1.807, 2.05) is 24.3 Å². The number of sulfonamides is 1. The van der Waals surface area contributed by atoms with E-state index in [1.54, 1.807) is 6.07 Å². The van der Waals surface area contributed by atoms with Gasteiger partial charge in [-0.1, -0.05) is 18.2 Å². The summed E-state index contributed by atoms with van der Waals surface area (Å²) in [5.74, 6) is 0.369. The van der Waals surface area contributed by atoms with E-state index in [-0.39, 0.29) is 6.61 Å². The number of fused-ring (bicyclic) bond motifs is 1. The molecule has 0 bridgehead atoms. The van der Waals surface area contributed by atoms with Crippen molar-refractivity contribution >= 4 is 31.4 Å². The van der Waals surface area contributed by atoms with Crippen LogP contribution in [0.4, 0.5) is 0 Å². The highest BCUT2D eigenvalue weighted by Gasteiger charge is 2.20. The number of aliphatic hydroxyl groups is 1. The highest BCUT2D eigenvalue weighted by Crippen LogP contribution is 2.28. The Morgan fingerprint density at radius 3 is 2.96 bits per heavy atom. The van der Waals surface area contributed by atoms with Gasteiger partial charge in [0.05, 0.1) is 0 Å². The van der Waals surface area contributed by atoms with Crippen LogP contribution in [0, 0.1) is 5.92 Å². The Kier molecular flexibility index (Phi) is 5.89. The average molecular weight is 369 g/mol. The molecule has 0 saturated carbocycles. The van der Waals surface area contributed by atoms with Crippen molar-refractivity contribution in [1.82, 2.24) is 9.62 Å². The van der Waals surface area contributed by atoms with Crippen LogP contribution in [0.1, 0.15) is 19.3 Å². The fraction of sp³-hybridized carbons (Fsp3) is 0.529. The summed E-state index contributed by atoms with van der Waals surface area (Å²) in [7, 11) is -3.43. The van der Waals surface area contributed by atoms with Gasteiger partial charge in [-0.15, -0.1) is 11.3 Å². The molecule has 1 fully saturated rings. The van der Waals surface area contributed by atoms with Gasteiger partial charge in [0.15, 0.2) is 0 Å². The SMILES string of the molecule is O=S(=O)(NCCCN1CCC[C@H](CO)C1)c1cc2ccccc2s1. The zero-order valence-electron chi connectivity index (χ0n) is 13.6. The lowest BCUT2D eigenvalue weighted by molar-refractivity contribution is 0.120. The Balaban J connectivity index is 1.50. The zero-order chi connectivity index (χ0) is 17.0. The third kappa shape index (κ3) is 4.34. The van der Waals surface area contributed by atoms with E-state index in [4.69, 9.17) is 0 Å². The summed E-state index contributed by atoms with van der Waals surface area (Å²) in [6.45, 7) is 3.51. The van der Waals surface area contributed by atoms with Gasteiger partial charge >= 0.3 is 0 Å². The number of benzene rings is 1. The normalized spacial score (nSPS) is 19.8. The van der Waals surface area contributed by atoms with Gasteiger partial charge in [-0.2, -0.15) is 0 Å². The zero-order valence-corrected chi connectivity index (χ0v) is 15.3. The van der Waals surface area contributed by atoms with Crippen molar-refractivity contribution in [2.75, 3.05) is 32.8 Å². The van der Waals surface area contributed by atoms with Gasteiger partial charge < -0.3 is 10.0 Å². The molecular formula is C17H24N2O3S2. The van der Waals surface area contributed by atoms with Crippen LogP contribution in [-0.4, -0.2) is 51.2 Å². The lowest BCUT2D eigenvalue weighted by Crippen LogP contribution is -2.38. The molecule has 1 saturated heterocycles. The number of rotatable bonds is 7. The maximum absolute atomic E-state index is 12.4. The minimum Gasteiger partial charge on any atom is -0.396 e. The van der Waals surface area contributed by atoms with Gasteiger partial charge in [0.1, 0.15) is 4.21 Å². The van der Waals surface area contributed by atoms with E-state index in [9.17, 15) is 13.5 Å². The average Bonchev–Trinajstić information content (AvgIpc) is 3.04. The molecule has 5 nitrogen and oxygen atoms in total. The Hall–Kier alpha value is -0.990. The van der Waals surface area contributed by atoms with Crippen molar-refractivity contribution in [3.63, 3.8) is 0 Å². The molecule has 1 aliphatic heterocycles. The van der Waals surface area contributed by atoms with Crippen LogP contribution >= 0.6 is 11.3 Å². The van der Waals surface area contributed by atoms with Crippen LogP contribution < -0.4 is 4.72 Å². The molecule has 2 N–H and O–H groups in total. The first-order valence-corrected chi connectivity index (χ1v) is 10.7. The molecule has 24 heavy (non-hydrogen) atoms. The Morgan fingerprint density at radius 2 is 2.17 bits per heavy atom. The molecule has 0 aliphatic carbocycles. The number of piperidine rings is 1. The molecule has 0 radical (unpaired) electrons. The number of thiophene rings is 1. The predicted octanol–water partition coefficient (Wildman–Crippen LogP) is 2.27. The first-order chi connectivity index (χ1) is 11.6. The fourth-order valence-electron chi connectivity index (χ4n) is 3.17. The van der Waals surface area contributed by atoms with E-state index in [1.165, 1.54) is 11.3 Å². The van der Waals surface area contributed by atoms with Crippen molar-refractivity contribution < 1.29 is 13.5 Å². The van der Waals surface area contributed by atoms with Crippen LogP contribution in [0.5, 0.6) is 0 Å². The number of likely N-dealkylation sites (tertiary alicyclic amines) is 1. The molecule has 132 valence electrons. The van der Waals surface area contributed by atoms with Crippen LogP contribution in [0.3, 0.4) is 0 Å². The molecule has 1 aromatic carbocycles. The number of hydrogen-bond acceptors (Lipinski definition) is 5. The minimum absolute atomic E-state index is 0.245. The molecule has 3 rings (SSSR count). The molecule has 0 spiro atoms. The minimum atomic E-state index is -3.43. The molecule has 0 unspecified atom stereocenters. The Bertz CT molecular complexity index is 740. The summed E-state index contributed by atoms with van der Waals surface area (Å²) < 4.78 is 28.9. The third-order valence-corrected chi connectivity index (χ3v) is 7.52. The standard InChI is InChI=1S/C17H24N2O3S2/c20-13-14-5-3-9-19(12-14)10-4-8-18-24(21,22)17-11-15-6-1-2-7-16(15)23-17/h1-2,6-7,11,14,18,20H,3-5,8-10,12-13H2/t14-/m0/s1. The van der Waals surface area contributed by atoms with Crippen molar-refractivity contribution in [3.8, 4) is 0 Å². The predicted molar refractivity (Wildman–Crippen MR) is 97.9 cm³/mol. The summed E-state index contributed by atoms with van der Waals surface area (Å²) in [5, 5.41) is 10.2. The number of nitrogens with zero attached hydrogens (tertiary/aromatic N) is 1. The first-order valence-electron chi connectivity index (χ1n) is 8.40. The van der Waals surface area contributed by atoms with Gasteiger partial charge in [0, 0.05) is 24.4 Å². The molecular weight excluding hydrogens is 344 g/mol. The molecule has 1 aliphatic rings. The maximum Gasteiger partial charge on any atom is 0.250 e. The van der Waals surface area contributed by atoms with Crippen molar-refractivity contribution in [2.45, 2.75) is 23.5 Å². The Morgan fingerprint density at radius 1 is 1.33 bits per heavy atom.